The molecule has 3 aliphatic rings. The minimum absolute atomic E-state index is 0.284. The lowest BCUT2D eigenvalue weighted by atomic mass is 9.72. The van der Waals surface area contributed by atoms with Gasteiger partial charge in [-0.3, -0.25) is 4.79 Å². The molecule has 0 aromatic carbocycles. The molecule has 0 unspecified atom stereocenters. The number of carbonyl (C=O) groups is 1. The number of aryl methyl sites for hydroxylation is 1. The summed E-state index contributed by atoms with van der Waals surface area (Å²) in [5.41, 5.74) is 1.49. The molecule has 4 heterocycles. The number of hydrogen-bond donors (Lipinski definition) is 0. The summed E-state index contributed by atoms with van der Waals surface area (Å²) in [6.45, 7) is 4.73. The number of imidazole rings is 1. The van der Waals surface area contributed by atoms with Crippen LogP contribution in [0.1, 0.15) is 56.6 Å². The Labute approximate surface area is 172 Å². The van der Waals surface area contributed by atoms with E-state index in [0.29, 0.717) is 18.2 Å². The van der Waals surface area contributed by atoms with Crippen LogP contribution in [-0.2, 0) is 11.3 Å². The van der Waals surface area contributed by atoms with Crippen LogP contribution in [0.4, 0.5) is 5.82 Å². The molecule has 3 fully saturated rings. The predicted octanol–water partition coefficient (Wildman–Crippen LogP) is 2.85. The van der Waals surface area contributed by atoms with Crippen LogP contribution in [0.3, 0.4) is 0 Å². The van der Waals surface area contributed by atoms with E-state index in [4.69, 9.17) is 0 Å². The van der Waals surface area contributed by atoms with Gasteiger partial charge in [0.1, 0.15) is 12.1 Å². The van der Waals surface area contributed by atoms with Crippen LogP contribution in [0.2, 0.25) is 0 Å². The molecule has 1 amide bonds. The number of nitrogens with zero attached hydrogens (tertiary/aromatic N) is 6. The Kier molecular flexibility index (Phi) is 4.97. The van der Waals surface area contributed by atoms with Gasteiger partial charge >= 0.3 is 0 Å². The maximum Gasteiger partial charge on any atom is 0.222 e. The summed E-state index contributed by atoms with van der Waals surface area (Å²) in [5, 5.41) is 0. The highest BCUT2D eigenvalue weighted by molar-refractivity contribution is 5.77. The van der Waals surface area contributed by atoms with E-state index in [1.807, 2.05) is 12.5 Å². The quantitative estimate of drug-likeness (QED) is 0.754. The molecule has 2 saturated heterocycles. The molecule has 0 atom stereocenters. The van der Waals surface area contributed by atoms with E-state index in [1.165, 1.54) is 18.5 Å². The van der Waals surface area contributed by atoms with E-state index in [1.54, 1.807) is 12.5 Å². The largest absolute Gasteiger partial charge is 0.356 e. The second-order valence-electron chi connectivity index (χ2n) is 9.03. The number of rotatable bonds is 6. The van der Waals surface area contributed by atoms with Crippen molar-refractivity contribution >= 4 is 11.7 Å². The zero-order chi connectivity index (χ0) is 19.7. The lowest BCUT2D eigenvalue weighted by Crippen LogP contribution is -2.52. The van der Waals surface area contributed by atoms with E-state index in [0.717, 1.165) is 64.2 Å². The van der Waals surface area contributed by atoms with E-state index in [2.05, 4.69) is 35.4 Å². The first-order valence-electron chi connectivity index (χ1n) is 11.0. The smallest absolute Gasteiger partial charge is 0.222 e. The highest BCUT2D eigenvalue weighted by atomic mass is 16.2. The number of piperidine rings is 2. The molecule has 0 N–H and O–H groups in total. The lowest BCUT2D eigenvalue weighted by molar-refractivity contribution is -0.138. The van der Waals surface area contributed by atoms with Crippen molar-refractivity contribution in [2.45, 2.75) is 57.4 Å². The van der Waals surface area contributed by atoms with Crippen LogP contribution < -0.4 is 4.90 Å². The summed E-state index contributed by atoms with van der Waals surface area (Å²) in [5.74, 6) is 2.07. The Balaban J connectivity index is 1.17. The maximum atomic E-state index is 12.5. The summed E-state index contributed by atoms with van der Waals surface area (Å²) < 4.78 is 2.08. The van der Waals surface area contributed by atoms with Crippen LogP contribution >= 0.6 is 0 Å². The van der Waals surface area contributed by atoms with Gasteiger partial charge in [-0.2, -0.15) is 0 Å². The summed E-state index contributed by atoms with van der Waals surface area (Å²) in [7, 11) is 0. The fraction of sp³-hybridized carbons (Fsp3) is 0.636. The van der Waals surface area contributed by atoms with Gasteiger partial charge in [0, 0.05) is 69.2 Å². The standard InChI is InChI=1S/C22H30N6O/c29-21-4-5-22(15-28(21)10-1-9-26-13-8-23-17-26)6-11-27(12-7-22)20-14-19(18-2-3-18)24-16-25-20/h8,13-14,16-18H,1-7,9-12,15H2. The first-order valence-corrected chi connectivity index (χ1v) is 11.0. The van der Waals surface area contributed by atoms with Gasteiger partial charge in [0.05, 0.1) is 6.33 Å². The van der Waals surface area contributed by atoms with Crippen molar-refractivity contribution in [1.82, 2.24) is 24.4 Å². The van der Waals surface area contributed by atoms with E-state index >= 15 is 0 Å². The average molecular weight is 395 g/mol. The Morgan fingerprint density at radius 3 is 2.72 bits per heavy atom. The van der Waals surface area contributed by atoms with Gasteiger partial charge in [-0.05, 0) is 43.9 Å². The zero-order valence-corrected chi connectivity index (χ0v) is 17.0. The Bertz CT molecular complexity index is 839. The predicted molar refractivity (Wildman–Crippen MR) is 111 cm³/mol. The van der Waals surface area contributed by atoms with Crippen molar-refractivity contribution in [3.05, 3.63) is 36.8 Å². The molecule has 5 rings (SSSR count). The second kappa shape index (κ2) is 7.76. The average Bonchev–Trinajstić information content (AvgIpc) is 3.48. The van der Waals surface area contributed by atoms with E-state index in [9.17, 15) is 4.79 Å². The molecule has 2 aromatic rings. The normalized spacial score (nSPS) is 21.7. The van der Waals surface area contributed by atoms with Crippen molar-refractivity contribution in [3.63, 3.8) is 0 Å². The first-order chi connectivity index (χ1) is 14.2. The molecule has 0 radical (unpaired) electrons. The molecular weight excluding hydrogens is 364 g/mol. The Hall–Kier alpha value is -2.44. The molecule has 0 bridgehead atoms. The topological polar surface area (TPSA) is 67.2 Å². The number of carbonyl (C=O) groups excluding carboxylic acids is 1. The summed E-state index contributed by atoms with van der Waals surface area (Å²) in [4.78, 5) is 30.1. The first kappa shape index (κ1) is 18.6. The summed E-state index contributed by atoms with van der Waals surface area (Å²) in [6.07, 6.45) is 14.9. The van der Waals surface area contributed by atoms with Crippen molar-refractivity contribution in [1.29, 1.82) is 0 Å². The van der Waals surface area contributed by atoms with E-state index < -0.39 is 0 Å². The molecule has 29 heavy (non-hydrogen) atoms. The molecule has 1 spiro atoms. The van der Waals surface area contributed by atoms with Crippen molar-refractivity contribution in [3.8, 4) is 0 Å². The Morgan fingerprint density at radius 2 is 1.97 bits per heavy atom. The summed E-state index contributed by atoms with van der Waals surface area (Å²) in [6, 6.07) is 2.20. The number of aromatic nitrogens is 4. The van der Waals surface area contributed by atoms with E-state index in [-0.39, 0.29) is 5.41 Å². The molecule has 7 heteroatoms. The molecule has 154 valence electrons. The molecule has 2 aromatic heterocycles. The fourth-order valence-electron chi connectivity index (χ4n) is 4.92. The third-order valence-corrected chi connectivity index (χ3v) is 6.97. The number of amides is 1. The maximum absolute atomic E-state index is 12.5. The second-order valence-corrected chi connectivity index (χ2v) is 9.03. The zero-order valence-electron chi connectivity index (χ0n) is 17.0. The van der Waals surface area contributed by atoms with Gasteiger partial charge in [0.25, 0.3) is 0 Å². The SMILES string of the molecule is O=C1CCC2(CCN(c3cc(C4CC4)ncn3)CC2)CN1CCCn1ccnc1. The Morgan fingerprint density at radius 1 is 1.10 bits per heavy atom. The van der Waals surface area contributed by atoms with Gasteiger partial charge in [-0.25, -0.2) is 15.0 Å². The van der Waals surface area contributed by atoms with Gasteiger partial charge in [0.15, 0.2) is 0 Å². The van der Waals surface area contributed by atoms with Crippen LogP contribution in [0.15, 0.2) is 31.1 Å². The molecule has 2 aliphatic heterocycles. The molecule has 1 aliphatic carbocycles. The van der Waals surface area contributed by atoms with Crippen molar-refractivity contribution in [2.75, 3.05) is 31.1 Å². The lowest BCUT2D eigenvalue weighted by Gasteiger charge is -2.47. The number of anilines is 1. The van der Waals surface area contributed by atoms with Crippen LogP contribution in [-0.4, -0.2) is 56.5 Å². The van der Waals surface area contributed by atoms with Gasteiger partial charge < -0.3 is 14.4 Å². The summed E-state index contributed by atoms with van der Waals surface area (Å²) >= 11 is 0. The van der Waals surface area contributed by atoms with Crippen LogP contribution in [0.25, 0.3) is 0 Å². The minimum Gasteiger partial charge on any atom is -0.356 e. The number of hydrogen-bond acceptors (Lipinski definition) is 5. The third-order valence-electron chi connectivity index (χ3n) is 6.97. The minimum atomic E-state index is 0.284. The van der Waals surface area contributed by atoms with Gasteiger partial charge in [-0.1, -0.05) is 0 Å². The highest BCUT2D eigenvalue weighted by Gasteiger charge is 2.41. The van der Waals surface area contributed by atoms with Gasteiger partial charge in [0.2, 0.25) is 5.91 Å². The monoisotopic (exact) mass is 394 g/mol. The van der Waals surface area contributed by atoms with Crippen molar-refractivity contribution in [2.24, 2.45) is 5.41 Å². The highest BCUT2D eigenvalue weighted by Crippen LogP contribution is 2.42. The third kappa shape index (κ3) is 4.14. The van der Waals surface area contributed by atoms with Crippen LogP contribution in [0.5, 0.6) is 0 Å². The van der Waals surface area contributed by atoms with Gasteiger partial charge in [-0.15, -0.1) is 0 Å². The molecular formula is C22H30N6O. The van der Waals surface area contributed by atoms with Crippen molar-refractivity contribution < 1.29 is 4.79 Å². The molecule has 1 saturated carbocycles. The fourth-order valence-corrected chi connectivity index (χ4v) is 4.92. The molecule has 7 nitrogen and oxygen atoms in total. The number of likely N-dealkylation sites (tertiary alicyclic amines) is 1. The van der Waals surface area contributed by atoms with Crippen LogP contribution in [0, 0.1) is 5.41 Å².